The van der Waals surface area contributed by atoms with Gasteiger partial charge in [0.15, 0.2) is 0 Å². The van der Waals surface area contributed by atoms with Crippen molar-refractivity contribution in [2.75, 3.05) is 17.7 Å². The molecule has 0 heterocycles. The lowest BCUT2D eigenvalue weighted by Gasteiger charge is -2.12. The maximum atomic E-state index is 8.90. The fraction of sp³-hybridized carbons (Fsp3) is 0.235. The zero-order valence-electron chi connectivity index (χ0n) is 12.1. The molecule has 0 fully saturated rings. The van der Waals surface area contributed by atoms with Crippen molar-refractivity contribution in [3.63, 3.8) is 0 Å². The van der Waals surface area contributed by atoms with Gasteiger partial charge in [0.25, 0.3) is 0 Å². The molecule has 0 aliphatic carbocycles. The highest BCUT2D eigenvalue weighted by atomic mass is 16.5. The number of hydrogen-bond acceptors (Lipinski definition) is 4. The number of ether oxygens (including phenoxy) is 1. The van der Waals surface area contributed by atoms with E-state index in [1.807, 2.05) is 36.4 Å². The van der Waals surface area contributed by atoms with Crippen LogP contribution in [-0.4, -0.2) is 6.61 Å². The van der Waals surface area contributed by atoms with Gasteiger partial charge in [0.05, 0.1) is 23.9 Å². The van der Waals surface area contributed by atoms with Crippen molar-refractivity contribution in [1.29, 1.82) is 5.26 Å². The first kappa shape index (κ1) is 14.7. The molecule has 0 amide bonds. The number of nitrogens with one attached hydrogen (secondary N) is 1. The number of nitrogen functional groups attached to an aromatic ring is 1. The second-order valence-electron chi connectivity index (χ2n) is 4.77. The van der Waals surface area contributed by atoms with E-state index in [0.29, 0.717) is 30.2 Å². The minimum Gasteiger partial charge on any atom is -0.491 e. The Morgan fingerprint density at radius 3 is 2.86 bits per heavy atom. The van der Waals surface area contributed by atoms with Crippen LogP contribution in [0, 0.1) is 11.3 Å². The molecule has 3 N–H and O–H groups in total. The van der Waals surface area contributed by atoms with Crippen LogP contribution in [0.2, 0.25) is 0 Å². The first-order chi connectivity index (χ1) is 10.2. The molecule has 4 heteroatoms. The Balaban J connectivity index is 2.04. The molecular weight excluding hydrogens is 262 g/mol. The van der Waals surface area contributed by atoms with Crippen LogP contribution in [0.1, 0.15) is 24.5 Å². The molecule has 0 atom stereocenters. The molecule has 0 aliphatic heterocycles. The highest BCUT2D eigenvalue weighted by Gasteiger charge is 2.02. The van der Waals surface area contributed by atoms with Gasteiger partial charge in [0.2, 0.25) is 0 Å². The summed E-state index contributed by atoms with van der Waals surface area (Å²) >= 11 is 0. The molecule has 108 valence electrons. The van der Waals surface area contributed by atoms with Gasteiger partial charge in [-0.25, -0.2) is 0 Å². The average molecular weight is 281 g/mol. The summed E-state index contributed by atoms with van der Waals surface area (Å²) in [4.78, 5) is 0. The van der Waals surface area contributed by atoms with Crippen LogP contribution in [0.25, 0.3) is 0 Å². The summed E-state index contributed by atoms with van der Waals surface area (Å²) in [5.41, 5.74) is 9.19. The molecule has 0 saturated heterocycles. The Hall–Kier alpha value is -2.67. The molecule has 2 aromatic carbocycles. The maximum absolute atomic E-state index is 8.90. The first-order valence-electron chi connectivity index (χ1n) is 6.98. The van der Waals surface area contributed by atoms with Crippen molar-refractivity contribution in [2.24, 2.45) is 0 Å². The lowest BCUT2D eigenvalue weighted by atomic mass is 10.1. The maximum Gasteiger partial charge on any atom is 0.144 e. The third-order valence-electron chi connectivity index (χ3n) is 3.03. The largest absolute Gasteiger partial charge is 0.491 e. The van der Waals surface area contributed by atoms with Crippen molar-refractivity contribution in [3.05, 3.63) is 53.6 Å². The minimum absolute atomic E-state index is 0.639. The van der Waals surface area contributed by atoms with Crippen molar-refractivity contribution < 1.29 is 4.74 Å². The Labute approximate surface area is 125 Å². The van der Waals surface area contributed by atoms with Crippen molar-refractivity contribution >= 4 is 11.4 Å². The second kappa shape index (κ2) is 7.20. The normalized spacial score (nSPS) is 9.90. The topological polar surface area (TPSA) is 71.1 Å². The van der Waals surface area contributed by atoms with Gasteiger partial charge in [-0.1, -0.05) is 19.1 Å². The van der Waals surface area contributed by atoms with Crippen LogP contribution < -0.4 is 15.8 Å². The van der Waals surface area contributed by atoms with Crippen LogP contribution in [-0.2, 0) is 6.54 Å². The van der Waals surface area contributed by atoms with Gasteiger partial charge in [-0.05, 0) is 36.2 Å². The number of rotatable bonds is 6. The molecule has 0 saturated carbocycles. The third-order valence-corrected chi connectivity index (χ3v) is 3.03. The minimum atomic E-state index is 0.639. The summed E-state index contributed by atoms with van der Waals surface area (Å²) in [6.07, 6.45) is 0.943. The molecule has 4 nitrogen and oxygen atoms in total. The summed E-state index contributed by atoms with van der Waals surface area (Å²) in [5.74, 6) is 0.702. The lowest BCUT2D eigenvalue weighted by molar-refractivity contribution is 0.319. The molecule has 0 bridgehead atoms. The molecule has 2 aromatic rings. The van der Waals surface area contributed by atoms with Gasteiger partial charge in [-0.15, -0.1) is 0 Å². The SMILES string of the molecule is CCCOc1cc(NCc2cccc(C#N)c2)ccc1N. The second-order valence-corrected chi connectivity index (χ2v) is 4.77. The number of hydrogen-bond donors (Lipinski definition) is 2. The van der Waals surface area contributed by atoms with E-state index in [2.05, 4.69) is 18.3 Å². The number of nitrogens with two attached hydrogens (primary N) is 1. The quantitative estimate of drug-likeness (QED) is 0.794. The van der Waals surface area contributed by atoms with E-state index in [9.17, 15) is 0 Å². The first-order valence-corrected chi connectivity index (χ1v) is 6.98. The highest BCUT2D eigenvalue weighted by molar-refractivity contribution is 5.61. The van der Waals surface area contributed by atoms with Crippen molar-refractivity contribution in [1.82, 2.24) is 0 Å². The number of benzene rings is 2. The van der Waals surface area contributed by atoms with Crippen LogP contribution in [0.3, 0.4) is 0 Å². The van der Waals surface area contributed by atoms with Crippen LogP contribution in [0.5, 0.6) is 5.75 Å². The zero-order valence-corrected chi connectivity index (χ0v) is 12.1. The Morgan fingerprint density at radius 1 is 1.24 bits per heavy atom. The predicted molar refractivity (Wildman–Crippen MR) is 85.1 cm³/mol. The van der Waals surface area contributed by atoms with Gasteiger partial charge in [-0.3, -0.25) is 0 Å². The van der Waals surface area contributed by atoms with E-state index in [-0.39, 0.29) is 0 Å². The number of anilines is 2. The van der Waals surface area contributed by atoms with Crippen molar-refractivity contribution in [2.45, 2.75) is 19.9 Å². The fourth-order valence-corrected chi connectivity index (χ4v) is 1.94. The average Bonchev–Trinajstić information content (AvgIpc) is 2.53. The molecule has 0 aromatic heterocycles. The Kier molecular flexibility index (Phi) is 5.05. The summed E-state index contributed by atoms with van der Waals surface area (Å²) in [5, 5.41) is 12.2. The number of nitriles is 1. The highest BCUT2D eigenvalue weighted by Crippen LogP contribution is 2.26. The van der Waals surface area contributed by atoms with E-state index in [1.54, 1.807) is 6.07 Å². The van der Waals surface area contributed by atoms with Crippen LogP contribution in [0.15, 0.2) is 42.5 Å². The lowest BCUT2D eigenvalue weighted by Crippen LogP contribution is -2.02. The van der Waals surface area contributed by atoms with Crippen LogP contribution in [0.4, 0.5) is 11.4 Å². The summed E-state index contributed by atoms with van der Waals surface area (Å²) in [7, 11) is 0. The van der Waals surface area contributed by atoms with Gasteiger partial charge < -0.3 is 15.8 Å². The molecule has 21 heavy (non-hydrogen) atoms. The van der Waals surface area contributed by atoms with E-state index in [0.717, 1.165) is 17.7 Å². The van der Waals surface area contributed by atoms with Gasteiger partial charge in [0, 0.05) is 18.3 Å². The molecule has 0 spiro atoms. The molecule has 0 unspecified atom stereocenters. The van der Waals surface area contributed by atoms with Gasteiger partial charge in [0.1, 0.15) is 5.75 Å². The molecule has 0 aliphatic rings. The van der Waals surface area contributed by atoms with Crippen molar-refractivity contribution in [3.8, 4) is 11.8 Å². The van der Waals surface area contributed by atoms with E-state index >= 15 is 0 Å². The zero-order chi connectivity index (χ0) is 15.1. The molecular formula is C17H19N3O. The van der Waals surface area contributed by atoms with Gasteiger partial charge in [-0.2, -0.15) is 5.26 Å². The monoisotopic (exact) mass is 281 g/mol. The standard InChI is InChI=1S/C17H19N3O/c1-2-8-21-17-10-15(6-7-16(17)19)20-12-14-5-3-4-13(9-14)11-18/h3-7,9-10,20H,2,8,12,19H2,1H3. The fourth-order valence-electron chi connectivity index (χ4n) is 1.94. The summed E-state index contributed by atoms with van der Waals surface area (Å²) < 4.78 is 5.61. The van der Waals surface area contributed by atoms with Crippen LogP contribution >= 0.6 is 0 Å². The summed E-state index contributed by atoms with van der Waals surface area (Å²) in [6, 6.07) is 15.3. The summed E-state index contributed by atoms with van der Waals surface area (Å²) in [6.45, 7) is 3.35. The predicted octanol–water partition coefficient (Wildman–Crippen LogP) is 3.54. The van der Waals surface area contributed by atoms with E-state index in [4.69, 9.17) is 15.7 Å². The van der Waals surface area contributed by atoms with Gasteiger partial charge >= 0.3 is 0 Å². The van der Waals surface area contributed by atoms with E-state index in [1.165, 1.54) is 0 Å². The number of nitrogens with zero attached hydrogens (tertiary/aromatic N) is 1. The Bertz CT molecular complexity index is 647. The Morgan fingerprint density at radius 2 is 2.10 bits per heavy atom. The smallest absolute Gasteiger partial charge is 0.144 e. The third kappa shape index (κ3) is 4.15. The molecule has 0 radical (unpaired) electrons. The van der Waals surface area contributed by atoms with E-state index < -0.39 is 0 Å². The molecule has 2 rings (SSSR count).